The highest BCUT2D eigenvalue weighted by molar-refractivity contribution is 7.78. The fraction of sp³-hybridized carbons (Fsp3) is 0.286. The molecule has 0 saturated carbocycles. The lowest BCUT2D eigenvalue weighted by Crippen LogP contribution is -2.47. The fourth-order valence-corrected chi connectivity index (χ4v) is 2.08. The van der Waals surface area contributed by atoms with E-state index in [1.807, 2.05) is 0 Å². The van der Waals surface area contributed by atoms with Crippen molar-refractivity contribution in [3.05, 3.63) is 29.8 Å². The molecule has 0 bridgehead atoms. The summed E-state index contributed by atoms with van der Waals surface area (Å²) < 4.78 is 0. The number of rotatable bonds is 9. The van der Waals surface area contributed by atoms with Crippen molar-refractivity contribution in [2.75, 3.05) is 13.1 Å². The third kappa shape index (κ3) is 6.35. The largest absolute Gasteiger partial charge is 0.480 e. The SMILES string of the molecule is O=C(O)CN(CC(=O)O)[C@@H](Cc1ccc(N=C=S)cc1)C(=O)O. The van der Waals surface area contributed by atoms with E-state index in [2.05, 4.69) is 22.4 Å². The highest BCUT2D eigenvalue weighted by Crippen LogP contribution is 2.15. The third-order valence-corrected chi connectivity index (χ3v) is 3.03. The average molecular weight is 338 g/mol. The van der Waals surface area contributed by atoms with E-state index < -0.39 is 37.0 Å². The fourth-order valence-electron chi connectivity index (χ4n) is 1.98. The Labute approximate surface area is 136 Å². The van der Waals surface area contributed by atoms with Gasteiger partial charge in [-0.15, -0.1) is 0 Å². The molecule has 1 atom stereocenters. The first kappa shape index (κ1) is 18.4. The Morgan fingerprint density at radius 3 is 2.00 bits per heavy atom. The summed E-state index contributed by atoms with van der Waals surface area (Å²) in [5.41, 5.74) is 1.14. The van der Waals surface area contributed by atoms with Gasteiger partial charge in [0.2, 0.25) is 0 Å². The second-order valence-electron chi connectivity index (χ2n) is 4.62. The molecule has 0 spiro atoms. The van der Waals surface area contributed by atoms with Crippen LogP contribution in [0.2, 0.25) is 0 Å². The van der Waals surface area contributed by atoms with Crippen molar-refractivity contribution in [3.8, 4) is 0 Å². The first-order valence-corrected chi connectivity index (χ1v) is 6.81. The third-order valence-electron chi connectivity index (χ3n) is 2.94. The van der Waals surface area contributed by atoms with Crippen LogP contribution in [0.3, 0.4) is 0 Å². The number of carboxylic acid groups (broad SMARTS) is 3. The molecule has 23 heavy (non-hydrogen) atoms. The van der Waals surface area contributed by atoms with Gasteiger partial charge in [-0.1, -0.05) is 12.1 Å². The molecule has 0 aliphatic carbocycles. The van der Waals surface area contributed by atoms with Gasteiger partial charge in [0, 0.05) is 0 Å². The van der Waals surface area contributed by atoms with Gasteiger partial charge in [-0.3, -0.25) is 19.3 Å². The minimum atomic E-state index is -1.30. The molecule has 8 nitrogen and oxygen atoms in total. The van der Waals surface area contributed by atoms with Crippen LogP contribution in [0.15, 0.2) is 29.3 Å². The topological polar surface area (TPSA) is 128 Å². The molecule has 0 aliphatic rings. The molecule has 0 radical (unpaired) electrons. The molecule has 0 fully saturated rings. The molecule has 0 amide bonds. The summed E-state index contributed by atoms with van der Waals surface area (Å²) in [5.74, 6) is -3.90. The van der Waals surface area contributed by atoms with E-state index in [-0.39, 0.29) is 6.42 Å². The lowest BCUT2D eigenvalue weighted by molar-refractivity contribution is -0.149. The number of aliphatic carboxylic acids is 3. The van der Waals surface area contributed by atoms with Crippen LogP contribution in [0.1, 0.15) is 5.56 Å². The van der Waals surface area contributed by atoms with Gasteiger partial charge in [0.25, 0.3) is 0 Å². The Morgan fingerprint density at radius 2 is 1.61 bits per heavy atom. The predicted molar refractivity (Wildman–Crippen MR) is 83.1 cm³/mol. The van der Waals surface area contributed by atoms with Crippen molar-refractivity contribution >= 4 is 41.0 Å². The van der Waals surface area contributed by atoms with E-state index in [1.165, 1.54) is 0 Å². The molecule has 0 heterocycles. The molecule has 0 aromatic heterocycles. The highest BCUT2D eigenvalue weighted by Gasteiger charge is 2.29. The number of hydrogen-bond donors (Lipinski definition) is 3. The van der Waals surface area contributed by atoms with Gasteiger partial charge >= 0.3 is 17.9 Å². The first-order valence-electron chi connectivity index (χ1n) is 6.40. The zero-order chi connectivity index (χ0) is 17.4. The van der Waals surface area contributed by atoms with Crippen LogP contribution >= 0.6 is 12.2 Å². The van der Waals surface area contributed by atoms with Gasteiger partial charge in [-0.2, -0.15) is 4.99 Å². The quantitative estimate of drug-likeness (QED) is 0.447. The van der Waals surface area contributed by atoms with Crippen LogP contribution in [-0.4, -0.2) is 62.4 Å². The van der Waals surface area contributed by atoms with E-state index in [0.29, 0.717) is 11.3 Å². The number of isothiocyanates is 1. The highest BCUT2D eigenvalue weighted by atomic mass is 32.1. The normalized spacial score (nSPS) is 11.5. The molecule has 122 valence electrons. The molecule has 0 unspecified atom stereocenters. The summed E-state index contributed by atoms with van der Waals surface area (Å²) >= 11 is 4.47. The molecule has 3 N–H and O–H groups in total. The van der Waals surface area contributed by atoms with Gasteiger partial charge in [0.15, 0.2) is 0 Å². The minimum Gasteiger partial charge on any atom is -0.480 e. The number of thiocarbonyl (C=S) groups is 1. The maximum Gasteiger partial charge on any atom is 0.321 e. The molecule has 1 rings (SSSR count). The summed E-state index contributed by atoms with van der Waals surface area (Å²) in [6, 6.07) is 5.16. The molecular formula is C14H14N2O6S. The lowest BCUT2D eigenvalue weighted by atomic mass is 10.0. The van der Waals surface area contributed by atoms with Crippen LogP contribution in [0.5, 0.6) is 0 Å². The van der Waals surface area contributed by atoms with Crippen LogP contribution in [0, 0.1) is 0 Å². The predicted octanol–water partition coefficient (Wildman–Crippen LogP) is 0.888. The monoisotopic (exact) mass is 338 g/mol. The number of benzene rings is 1. The van der Waals surface area contributed by atoms with Crippen molar-refractivity contribution in [2.24, 2.45) is 4.99 Å². The van der Waals surface area contributed by atoms with Crippen molar-refractivity contribution in [1.29, 1.82) is 0 Å². The van der Waals surface area contributed by atoms with E-state index in [4.69, 9.17) is 10.2 Å². The van der Waals surface area contributed by atoms with Gasteiger partial charge in [-0.05, 0) is 36.3 Å². The zero-order valence-corrected chi connectivity index (χ0v) is 12.7. The number of carboxylic acids is 3. The second kappa shape index (κ2) is 8.74. The smallest absolute Gasteiger partial charge is 0.321 e. The van der Waals surface area contributed by atoms with Crippen LogP contribution < -0.4 is 0 Å². The molecule has 0 saturated heterocycles. The maximum absolute atomic E-state index is 11.4. The van der Waals surface area contributed by atoms with Crippen LogP contribution in [-0.2, 0) is 20.8 Å². The Morgan fingerprint density at radius 1 is 1.09 bits per heavy atom. The summed E-state index contributed by atoms with van der Waals surface area (Å²) in [7, 11) is 0. The molecule has 1 aromatic rings. The van der Waals surface area contributed by atoms with Crippen molar-refractivity contribution in [1.82, 2.24) is 4.90 Å². The summed E-state index contributed by atoms with van der Waals surface area (Å²) in [6.07, 6.45) is -0.0442. The van der Waals surface area contributed by atoms with Crippen molar-refractivity contribution in [2.45, 2.75) is 12.5 Å². The lowest BCUT2D eigenvalue weighted by Gasteiger charge is -2.25. The summed E-state index contributed by atoms with van der Waals surface area (Å²) in [4.78, 5) is 37.7. The van der Waals surface area contributed by atoms with Crippen molar-refractivity contribution < 1.29 is 29.7 Å². The Hall–Kier alpha value is -2.61. The van der Waals surface area contributed by atoms with E-state index in [9.17, 15) is 19.5 Å². The molecular weight excluding hydrogens is 324 g/mol. The standard InChI is InChI=1S/C14H14N2O6S/c17-12(18)6-16(7-13(19)20)11(14(21)22)5-9-1-3-10(4-2-9)15-8-23/h1-4,11H,5-7H2,(H,17,18)(H,19,20)(H,21,22)/t11-/m0/s1. The molecule has 9 heteroatoms. The second-order valence-corrected chi connectivity index (χ2v) is 4.80. The Bertz CT molecular complexity index is 623. The minimum absolute atomic E-state index is 0.0442. The van der Waals surface area contributed by atoms with E-state index in [0.717, 1.165) is 4.90 Å². The van der Waals surface area contributed by atoms with Crippen LogP contribution in [0.4, 0.5) is 5.69 Å². The number of nitrogens with zero attached hydrogens (tertiary/aromatic N) is 2. The first-order chi connectivity index (χ1) is 10.8. The molecule has 0 aliphatic heterocycles. The molecule has 1 aromatic carbocycles. The van der Waals surface area contributed by atoms with Crippen LogP contribution in [0.25, 0.3) is 0 Å². The van der Waals surface area contributed by atoms with Gasteiger partial charge in [0.05, 0.1) is 23.9 Å². The van der Waals surface area contributed by atoms with Gasteiger partial charge in [-0.25, -0.2) is 0 Å². The maximum atomic E-state index is 11.4. The number of aliphatic imine (C=N–C) groups is 1. The van der Waals surface area contributed by atoms with E-state index >= 15 is 0 Å². The number of carbonyl (C=O) groups is 3. The summed E-state index contributed by atoms with van der Waals surface area (Å²) in [6.45, 7) is -1.37. The zero-order valence-electron chi connectivity index (χ0n) is 11.9. The van der Waals surface area contributed by atoms with Gasteiger partial charge in [0.1, 0.15) is 6.04 Å². The van der Waals surface area contributed by atoms with Gasteiger partial charge < -0.3 is 15.3 Å². The average Bonchev–Trinajstić information content (AvgIpc) is 2.44. The van der Waals surface area contributed by atoms with E-state index in [1.54, 1.807) is 24.3 Å². The Kier molecular flexibility index (Phi) is 7.01. The van der Waals surface area contributed by atoms with Crippen molar-refractivity contribution in [3.63, 3.8) is 0 Å². The summed E-state index contributed by atoms with van der Waals surface area (Å²) in [5, 5.41) is 29.2. The number of hydrogen-bond acceptors (Lipinski definition) is 6. The Balaban J connectivity index is 2.98.